The van der Waals surface area contributed by atoms with E-state index in [9.17, 15) is 0 Å². The zero-order valence-corrected chi connectivity index (χ0v) is 9.90. The average molecular weight is 221 g/mol. The third-order valence-electron chi connectivity index (χ3n) is 2.49. The summed E-state index contributed by atoms with van der Waals surface area (Å²) in [4.78, 5) is 0. The van der Waals surface area contributed by atoms with Crippen LogP contribution in [0.4, 0.5) is 0 Å². The Labute approximate surface area is 96.8 Å². The summed E-state index contributed by atoms with van der Waals surface area (Å²) in [5, 5.41) is 3.38. The molecule has 0 spiro atoms. The van der Waals surface area contributed by atoms with Crippen molar-refractivity contribution in [2.75, 3.05) is 19.7 Å². The van der Waals surface area contributed by atoms with Crippen LogP contribution in [0.15, 0.2) is 24.3 Å². The lowest BCUT2D eigenvalue weighted by molar-refractivity contribution is 0.0900. The van der Waals surface area contributed by atoms with Crippen molar-refractivity contribution >= 4 is 0 Å². The fourth-order valence-electron chi connectivity index (χ4n) is 1.70. The SMILES string of the molecule is CC(C)CNC[C@H]1COc2ccccc2O1. The zero-order valence-electron chi connectivity index (χ0n) is 9.90. The number of para-hydroxylation sites is 2. The standard InChI is InChI=1S/C13H19NO2/c1-10(2)7-14-8-11-9-15-12-5-3-4-6-13(12)16-11/h3-6,10-11,14H,7-9H2,1-2H3/t11-/m0/s1. The number of fused-ring (bicyclic) bond motifs is 1. The summed E-state index contributed by atoms with van der Waals surface area (Å²) in [7, 11) is 0. The first-order valence-electron chi connectivity index (χ1n) is 5.85. The number of rotatable bonds is 4. The van der Waals surface area contributed by atoms with Crippen LogP contribution in [0.5, 0.6) is 11.5 Å². The monoisotopic (exact) mass is 221 g/mol. The van der Waals surface area contributed by atoms with Crippen molar-refractivity contribution < 1.29 is 9.47 Å². The lowest BCUT2D eigenvalue weighted by Crippen LogP contribution is -2.39. The Morgan fingerprint density at radius 3 is 2.81 bits per heavy atom. The van der Waals surface area contributed by atoms with Gasteiger partial charge in [-0.2, -0.15) is 0 Å². The van der Waals surface area contributed by atoms with Crippen LogP contribution in [0.25, 0.3) is 0 Å². The van der Waals surface area contributed by atoms with Crippen LogP contribution in [-0.2, 0) is 0 Å². The summed E-state index contributed by atoms with van der Waals surface area (Å²) in [6.07, 6.45) is 0.119. The van der Waals surface area contributed by atoms with Gasteiger partial charge >= 0.3 is 0 Å². The Morgan fingerprint density at radius 1 is 1.31 bits per heavy atom. The van der Waals surface area contributed by atoms with Gasteiger partial charge in [-0.3, -0.25) is 0 Å². The molecule has 0 aliphatic carbocycles. The smallest absolute Gasteiger partial charge is 0.161 e. The molecule has 3 heteroatoms. The van der Waals surface area contributed by atoms with E-state index in [0.29, 0.717) is 12.5 Å². The molecule has 16 heavy (non-hydrogen) atoms. The number of nitrogens with one attached hydrogen (secondary N) is 1. The van der Waals surface area contributed by atoms with Gasteiger partial charge < -0.3 is 14.8 Å². The van der Waals surface area contributed by atoms with Crippen LogP contribution in [-0.4, -0.2) is 25.8 Å². The molecule has 0 saturated carbocycles. The highest BCUT2D eigenvalue weighted by Crippen LogP contribution is 2.30. The molecule has 0 aromatic heterocycles. The maximum atomic E-state index is 5.83. The molecule has 0 bridgehead atoms. The maximum absolute atomic E-state index is 5.83. The van der Waals surface area contributed by atoms with Crippen molar-refractivity contribution in [2.24, 2.45) is 5.92 Å². The lowest BCUT2D eigenvalue weighted by Gasteiger charge is -2.26. The quantitative estimate of drug-likeness (QED) is 0.844. The molecule has 1 heterocycles. The van der Waals surface area contributed by atoms with E-state index in [1.165, 1.54) is 0 Å². The van der Waals surface area contributed by atoms with Gasteiger partial charge in [0.25, 0.3) is 0 Å². The van der Waals surface area contributed by atoms with Crippen LogP contribution in [0, 0.1) is 5.92 Å². The highest BCUT2D eigenvalue weighted by Gasteiger charge is 2.19. The highest BCUT2D eigenvalue weighted by molar-refractivity contribution is 5.40. The molecule has 1 aromatic rings. The predicted octanol–water partition coefficient (Wildman–Crippen LogP) is 2.07. The molecule has 2 rings (SSSR count). The van der Waals surface area contributed by atoms with E-state index in [0.717, 1.165) is 24.6 Å². The van der Waals surface area contributed by atoms with E-state index >= 15 is 0 Å². The predicted molar refractivity (Wildman–Crippen MR) is 64.1 cm³/mol. The zero-order chi connectivity index (χ0) is 11.4. The van der Waals surface area contributed by atoms with Gasteiger partial charge in [0.15, 0.2) is 11.5 Å². The van der Waals surface area contributed by atoms with E-state index in [-0.39, 0.29) is 6.10 Å². The van der Waals surface area contributed by atoms with Crippen molar-refractivity contribution in [1.82, 2.24) is 5.32 Å². The summed E-state index contributed by atoms with van der Waals surface area (Å²) >= 11 is 0. The third-order valence-corrected chi connectivity index (χ3v) is 2.49. The summed E-state index contributed by atoms with van der Waals surface area (Å²) in [6.45, 7) is 6.87. The van der Waals surface area contributed by atoms with Crippen molar-refractivity contribution in [2.45, 2.75) is 20.0 Å². The second-order valence-electron chi connectivity index (χ2n) is 4.55. The molecule has 1 atom stereocenters. The molecule has 3 nitrogen and oxygen atoms in total. The largest absolute Gasteiger partial charge is 0.486 e. The Hall–Kier alpha value is -1.22. The van der Waals surface area contributed by atoms with Gasteiger partial charge in [-0.1, -0.05) is 26.0 Å². The molecule has 0 saturated heterocycles. The molecule has 88 valence electrons. The maximum Gasteiger partial charge on any atom is 0.161 e. The first-order chi connectivity index (χ1) is 7.75. The van der Waals surface area contributed by atoms with Gasteiger partial charge in [-0.25, -0.2) is 0 Å². The Morgan fingerprint density at radius 2 is 2.06 bits per heavy atom. The van der Waals surface area contributed by atoms with Gasteiger partial charge in [0, 0.05) is 6.54 Å². The van der Waals surface area contributed by atoms with Gasteiger partial charge in [0.2, 0.25) is 0 Å². The van der Waals surface area contributed by atoms with Crippen molar-refractivity contribution in [3.05, 3.63) is 24.3 Å². The van der Waals surface area contributed by atoms with Gasteiger partial charge in [0.05, 0.1) is 0 Å². The van der Waals surface area contributed by atoms with E-state index in [2.05, 4.69) is 19.2 Å². The third kappa shape index (κ3) is 2.89. The lowest BCUT2D eigenvalue weighted by atomic mass is 10.2. The highest BCUT2D eigenvalue weighted by atomic mass is 16.6. The number of hydrogen-bond donors (Lipinski definition) is 1. The minimum absolute atomic E-state index is 0.119. The first-order valence-corrected chi connectivity index (χ1v) is 5.85. The number of hydrogen-bond acceptors (Lipinski definition) is 3. The van der Waals surface area contributed by atoms with Crippen LogP contribution in [0.2, 0.25) is 0 Å². The van der Waals surface area contributed by atoms with E-state index in [4.69, 9.17) is 9.47 Å². The molecule has 1 aliphatic rings. The Bertz CT molecular complexity index is 338. The van der Waals surface area contributed by atoms with Crippen LogP contribution in [0.1, 0.15) is 13.8 Å². The van der Waals surface area contributed by atoms with Crippen LogP contribution < -0.4 is 14.8 Å². The Kier molecular flexibility index (Phi) is 3.67. The van der Waals surface area contributed by atoms with Gasteiger partial charge in [-0.05, 0) is 24.6 Å². The fourth-order valence-corrected chi connectivity index (χ4v) is 1.70. The van der Waals surface area contributed by atoms with Crippen LogP contribution in [0.3, 0.4) is 0 Å². The minimum Gasteiger partial charge on any atom is -0.486 e. The molecule has 0 amide bonds. The van der Waals surface area contributed by atoms with Crippen LogP contribution >= 0.6 is 0 Å². The summed E-state index contributed by atoms with van der Waals surface area (Å²) < 4.78 is 11.5. The Balaban J connectivity index is 1.83. The van der Waals surface area contributed by atoms with Gasteiger partial charge in [-0.15, -0.1) is 0 Å². The molecule has 1 aromatic carbocycles. The van der Waals surface area contributed by atoms with Crippen molar-refractivity contribution in [3.63, 3.8) is 0 Å². The fraction of sp³-hybridized carbons (Fsp3) is 0.538. The molecule has 1 aliphatic heterocycles. The summed E-state index contributed by atoms with van der Waals surface area (Å²) in [5.41, 5.74) is 0. The molecule has 0 fully saturated rings. The molecular formula is C13H19NO2. The summed E-state index contributed by atoms with van der Waals surface area (Å²) in [5.74, 6) is 2.37. The number of benzene rings is 1. The van der Waals surface area contributed by atoms with Gasteiger partial charge in [0.1, 0.15) is 12.7 Å². The van der Waals surface area contributed by atoms with Crippen molar-refractivity contribution in [3.8, 4) is 11.5 Å². The molecular weight excluding hydrogens is 202 g/mol. The van der Waals surface area contributed by atoms with Crippen molar-refractivity contribution in [1.29, 1.82) is 0 Å². The van der Waals surface area contributed by atoms with E-state index in [1.807, 2.05) is 24.3 Å². The molecule has 1 N–H and O–H groups in total. The topological polar surface area (TPSA) is 30.5 Å². The summed E-state index contributed by atoms with van der Waals surface area (Å²) in [6, 6.07) is 7.81. The first kappa shape index (κ1) is 11.3. The second-order valence-corrected chi connectivity index (χ2v) is 4.55. The van der Waals surface area contributed by atoms with E-state index < -0.39 is 0 Å². The average Bonchev–Trinajstić information content (AvgIpc) is 2.28. The minimum atomic E-state index is 0.119. The normalized spacial score (nSPS) is 18.8. The molecule has 0 radical (unpaired) electrons. The molecule has 0 unspecified atom stereocenters. The second kappa shape index (κ2) is 5.21. The number of ether oxygens (including phenoxy) is 2. The van der Waals surface area contributed by atoms with E-state index in [1.54, 1.807) is 0 Å².